The molecule has 0 spiro atoms. The fourth-order valence-electron chi connectivity index (χ4n) is 4.58. The maximum atomic E-state index is 12.3. The van der Waals surface area contributed by atoms with Gasteiger partial charge < -0.3 is 36.6 Å². The summed E-state index contributed by atoms with van der Waals surface area (Å²) in [4.78, 5) is 66.5. The fraction of sp³-hybridized carbons (Fsp3) is 0.516. The van der Waals surface area contributed by atoms with Crippen LogP contribution in [0.4, 0.5) is 4.79 Å². The molecule has 2 aromatic rings. The van der Waals surface area contributed by atoms with Gasteiger partial charge >= 0.3 is 23.9 Å². The summed E-state index contributed by atoms with van der Waals surface area (Å²) in [5.74, 6) is -3.97. The number of amides is 3. The molecule has 0 saturated carbocycles. The van der Waals surface area contributed by atoms with E-state index in [4.69, 9.17) is 10.2 Å². The van der Waals surface area contributed by atoms with Crippen LogP contribution in [0, 0.1) is 0 Å². The highest BCUT2D eigenvalue weighted by molar-refractivity contribution is 5.84. The van der Waals surface area contributed by atoms with Crippen LogP contribution in [0.5, 0.6) is 0 Å². The number of unbranched alkanes of at least 4 members (excludes halogenated alkanes) is 5. The van der Waals surface area contributed by atoms with Crippen LogP contribution in [-0.2, 0) is 19.2 Å². The average Bonchev–Trinajstić information content (AvgIpc) is 3.02. The van der Waals surface area contributed by atoms with Crippen molar-refractivity contribution in [1.29, 1.82) is 0 Å². The topological polar surface area (TPSA) is 220 Å². The molecule has 0 aliphatic carbocycles. The van der Waals surface area contributed by atoms with Crippen molar-refractivity contribution in [2.45, 2.75) is 88.8 Å². The number of nitrogens with one attached hydrogen (secondary N) is 4. The molecule has 2 rings (SSSR count). The summed E-state index contributed by atoms with van der Waals surface area (Å²) in [5.41, 5.74) is 1.81. The molecular formula is C31H44N6O8. The standard InChI is InChI=1S/C31H44N6O8/c38-26(36-24(29(41)42)14-7-11-21-35-31(45)37-25(30(43)44)16-17-27(39)40)15-4-2-1-3-8-20-34-28(22-12-5-9-18-32-22)23-13-6-10-19-33-23/h5-6,9-10,12-13,18-19,24-25,28,34H,1-4,7-8,11,14-17,20-21H2,(H,36,38)(H,39,40)(H,41,42)(H,43,44)(H2,35,37,45). The number of carbonyl (C=O) groups excluding carboxylic acids is 2. The molecule has 0 aliphatic heterocycles. The number of rotatable bonds is 23. The van der Waals surface area contributed by atoms with E-state index in [9.17, 15) is 29.1 Å². The van der Waals surface area contributed by atoms with Gasteiger partial charge in [-0.3, -0.25) is 19.6 Å². The Bertz CT molecular complexity index is 1160. The number of carbonyl (C=O) groups is 5. The van der Waals surface area contributed by atoms with E-state index in [1.54, 1.807) is 12.4 Å². The second-order valence-corrected chi connectivity index (χ2v) is 10.6. The molecule has 0 fully saturated rings. The molecule has 14 heteroatoms. The minimum Gasteiger partial charge on any atom is -0.481 e. The number of hydrogen-bond donors (Lipinski definition) is 7. The average molecular weight is 629 g/mol. The lowest BCUT2D eigenvalue weighted by Gasteiger charge is -2.18. The number of carboxylic acid groups (broad SMARTS) is 3. The third kappa shape index (κ3) is 15.6. The first-order chi connectivity index (χ1) is 21.7. The molecule has 0 radical (unpaired) electrons. The first-order valence-electron chi connectivity index (χ1n) is 15.2. The van der Waals surface area contributed by atoms with Gasteiger partial charge in [-0.15, -0.1) is 0 Å². The predicted molar refractivity (Wildman–Crippen MR) is 164 cm³/mol. The van der Waals surface area contributed by atoms with Gasteiger partial charge in [-0.2, -0.15) is 0 Å². The van der Waals surface area contributed by atoms with Crippen LogP contribution < -0.4 is 21.3 Å². The third-order valence-electron chi connectivity index (χ3n) is 6.98. The van der Waals surface area contributed by atoms with Crippen LogP contribution in [0.1, 0.15) is 88.1 Å². The van der Waals surface area contributed by atoms with Gasteiger partial charge in [0.15, 0.2) is 0 Å². The number of aromatic nitrogens is 2. The van der Waals surface area contributed by atoms with Crippen LogP contribution in [0.2, 0.25) is 0 Å². The summed E-state index contributed by atoms with van der Waals surface area (Å²) in [6.07, 6.45) is 8.45. The molecule has 0 aliphatic rings. The van der Waals surface area contributed by atoms with Gasteiger partial charge in [-0.1, -0.05) is 31.4 Å². The van der Waals surface area contributed by atoms with E-state index in [2.05, 4.69) is 31.2 Å². The fourth-order valence-corrected chi connectivity index (χ4v) is 4.58. The number of pyridine rings is 2. The summed E-state index contributed by atoms with van der Waals surface area (Å²) >= 11 is 0. The number of hydrogen-bond acceptors (Lipinski definition) is 8. The zero-order valence-corrected chi connectivity index (χ0v) is 25.3. The number of carboxylic acids is 3. The maximum Gasteiger partial charge on any atom is 0.326 e. The molecule has 246 valence electrons. The Balaban J connectivity index is 1.57. The van der Waals surface area contributed by atoms with E-state index in [-0.39, 0.29) is 37.8 Å². The number of urea groups is 1. The molecule has 14 nitrogen and oxygen atoms in total. The summed E-state index contributed by atoms with van der Waals surface area (Å²) < 4.78 is 0. The maximum absolute atomic E-state index is 12.3. The number of aliphatic carboxylic acids is 3. The molecule has 45 heavy (non-hydrogen) atoms. The molecular weight excluding hydrogens is 584 g/mol. The Labute approximate surface area is 262 Å². The van der Waals surface area contributed by atoms with E-state index in [0.717, 1.165) is 43.6 Å². The minimum atomic E-state index is -1.34. The van der Waals surface area contributed by atoms with Crippen molar-refractivity contribution in [2.24, 2.45) is 0 Å². The van der Waals surface area contributed by atoms with Crippen LogP contribution in [0.25, 0.3) is 0 Å². The van der Waals surface area contributed by atoms with Gasteiger partial charge in [-0.05, 0) is 69.3 Å². The van der Waals surface area contributed by atoms with Crippen LogP contribution in [0.3, 0.4) is 0 Å². The zero-order chi connectivity index (χ0) is 32.9. The molecule has 7 N–H and O–H groups in total. The SMILES string of the molecule is O=C(O)CCC(NC(=O)NCCCCC(NC(=O)CCCCCCCNC(c1ccccn1)c1ccccn1)C(=O)O)C(=O)O. The van der Waals surface area contributed by atoms with E-state index < -0.39 is 42.4 Å². The first kappa shape index (κ1) is 36.6. The second-order valence-electron chi connectivity index (χ2n) is 10.6. The molecule has 2 heterocycles. The van der Waals surface area contributed by atoms with Crippen molar-refractivity contribution in [2.75, 3.05) is 13.1 Å². The van der Waals surface area contributed by atoms with Gasteiger partial charge in [0.05, 0.1) is 17.4 Å². The quantitative estimate of drug-likeness (QED) is 0.0887. The van der Waals surface area contributed by atoms with Crippen molar-refractivity contribution in [3.63, 3.8) is 0 Å². The summed E-state index contributed by atoms with van der Waals surface area (Å²) in [6, 6.07) is 8.37. The van der Waals surface area contributed by atoms with Gasteiger partial charge in [0.2, 0.25) is 5.91 Å². The van der Waals surface area contributed by atoms with E-state index in [0.29, 0.717) is 19.3 Å². The molecule has 0 aromatic carbocycles. The van der Waals surface area contributed by atoms with E-state index >= 15 is 0 Å². The van der Waals surface area contributed by atoms with Crippen molar-refractivity contribution in [3.8, 4) is 0 Å². The Morgan fingerprint density at radius 1 is 0.644 bits per heavy atom. The highest BCUT2D eigenvalue weighted by atomic mass is 16.4. The van der Waals surface area contributed by atoms with Gasteiger partial charge in [-0.25, -0.2) is 14.4 Å². The number of nitrogens with zero attached hydrogens (tertiary/aromatic N) is 2. The van der Waals surface area contributed by atoms with Crippen molar-refractivity contribution >= 4 is 29.8 Å². The first-order valence-corrected chi connectivity index (χ1v) is 15.2. The normalized spacial score (nSPS) is 12.2. The predicted octanol–water partition coefficient (Wildman–Crippen LogP) is 2.85. The largest absolute Gasteiger partial charge is 0.481 e. The Morgan fingerprint density at radius 2 is 1.22 bits per heavy atom. The Kier molecular flexibility index (Phi) is 17.2. The van der Waals surface area contributed by atoms with Crippen molar-refractivity contribution < 1.29 is 39.3 Å². The minimum absolute atomic E-state index is 0.0949. The summed E-state index contributed by atoms with van der Waals surface area (Å²) in [7, 11) is 0. The van der Waals surface area contributed by atoms with Gasteiger partial charge in [0, 0.05) is 31.8 Å². The van der Waals surface area contributed by atoms with Crippen LogP contribution in [-0.4, -0.2) is 80.3 Å². The molecule has 0 saturated heterocycles. The third-order valence-corrected chi connectivity index (χ3v) is 6.98. The molecule has 2 unspecified atom stereocenters. The zero-order valence-electron chi connectivity index (χ0n) is 25.3. The van der Waals surface area contributed by atoms with Crippen molar-refractivity contribution in [3.05, 3.63) is 60.2 Å². The Morgan fingerprint density at radius 3 is 1.80 bits per heavy atom. The van der Waals surface area contributed by atoms with Gasteiger partial charge in [0.25, 0.3) is 0 Å². The van der Waals surface area contributed by atoms with Crippen molar-refractivity contribution in [1.82, 2.24) is 31.2 Å². The molecule has 0 bridgehead atoms. The summed E-state index contributed by atoms with van der Waals surface area (Å²) in [5, 5.41) is 38.0. The highest BCUT2D eigenvalue weighted by Crippen LogP contribution is 2.18. The van der Waals surface area contributed by atoms with E-state index in [1.807, 2.05) is 36.4 Å². The monoisotopic (exact) mass is 628 g/mol. The summed E-state index contributed by atoms with van der Waals surface area (Å²) in [6.45, 7) is 0.939. The van der Waals surface area contributed by atoms with E-state index in [1.165, 1.54) is 0 Å². The Hall–Kier alpha value is -4.59. The lowest BCUT2D eigenvalue weighted by molar-refractivity contribution is -0.142. The molecule has 2 aromatic heterocycles. The lowest BCUT2D eigenvalue weighted by atomic mass is 10.1. The van der Waals surface area contributed by atoms with Crippen LogP contribution in [0.15, 0.2) is 48.8 Å². The second kappa shape index (κ2) is 21.2. The highest BCUT2D eigenvalue weighted by Gasteiger charge is 2.22. The smallest absolute Gasteiger partial charge is 0.326 e. The van der Waals surface area contributed by atoms with Crippen LogP contribution >= 0.6 is 0 Å². The lowest BCUT2D eigenvalue weighted by Crippen LogP contribution is -2.46. The van der Waals surface area contributed by atoms with Gasteiger partial charge in [0.1, 0.15) is 12.1 Å². The molecule has 3 amide bonds. The molecule has 2 atom stereocenters.